The molecule has 5 nitrogen and oxygen atoms in total. The Kier molecular flexibility index (Phi) is 5.56. The van der Waals surface area contributed by atoms with E-state index in [2.05, 4.69) is 10.4 Å². The Labute approximate surface area is 96.0 Å². The lowest BCUT2D eigenvalue weighted by Crippen LogP contribution is -2.40. The van der Waals surface area contributed by atoms with E-state index in [0.717, 1.165) is 25.8 Å². The maximum atomic E-state index is 11.4. The number of nitrogens with one attached hydrogen (secondary N) is 1. The number of aromatic nitrogens is 2. The molecule has 0 aromatic carbocycles. The van der Waals surface area contributed by atoms with E-state index >= 15 is 0 Å². The standard InChI is InChI=1S/C11H20N4O/c1-2-5-10(12)11(16)13-6-3-8-15-9-4-7-14-15/h4,7,9-10H,2-3,5-6,8,12H2,1H3,(H,13,16)/t10-/m0/s1. The van der Waals surface area contributed by atoms with Gasteiger partial charge in [0, 0.05) is 25.5 Å². The minimum absolute atomic E-state index is 0.0534. The van der Waals surface area contributed by atoms with Crippen molar-refractivity contribution in [3.63, 3.8) is 0 Å². The second-order valence-corrected chi connectivity index (χ2v) is 3.81. The van der Waals surface area contributed by atoms with E-state index in [1.54, 1.807) is 6.20 Å². The van der Waals surface area contributed by atoms with Gasteiger partial charge in [0.25, 0.3) is 0 Å². The average Bonchev–Trinajstić information content (AvgIpc) is 2.77. The zero-order valence-corrected chi connectivity index (χ0v) is 9.72. The van der Waals surface area contributed by atoms with Gasteiger partial charge in [-0.2, -0.15) is 5.10 Å². The van der Waals surface area contributed by atoms with E-state index in [1.165, 1.54) is 0 Å². The molecule has 1 rings (SSSR count). The van der Waals surface area contributed by atoms with E-state index in [9.17, 15) is 4.79 Å². The van der Waals surface area contributed by atoms with Crippen molar-refractivity contribution in [3.8, 4) is 0 Å². The lowest BCUT2D eigenvalue weighted by molar-refractivity contribution is -0.122. The van der Waals surface area contributed by atoms with Crippen molar-refractivity contribution in [2.75, 3.05) is 6.54 Å². The molecular weight excluding hydrogens is 204 g/mol. The van der Waals surface area contributed by atoms with Crippen LogP contribution in [0.5, 0.6) is 0 Å². The molecule has 3 N–H and O–H groups in total. The fraction of sp³-hybridized carbons (Fsp3) is 0.636. The third kappa shape index (κ3) is 4.44. The van der Waals surface area contributed by atoms with Crippen LogP contribution in [0, 0.1) is 0 Å². The number of nitrogens with two attached hydrogens (primary N) is 1. The number of hydrogen-bond acceptors (Lipinski definition) is 3. The minimum Gasteiger partial charge on any atom is -0.355 e. The Morgan fingerprint density at radius 2 is 2.44 bits per heavy atom. The maximum Gasteiger partial charge on any atom is 0.236 e. The summed E-state index contributed by atoms with van der Waals surface area (Å²) >= 11 is 0. The fourth-order valence-corrected chi connectivity index (χ4v) is 1.46. The van der Waals surface area contributed by atoms with Crippen molar-refractivity contribution in [2.45, 2.75) is 38.8 Å². The molecule has 0 radical (unpaired) electrons. The first kappa shape index (κ1) is 12.7. The van der Waals surface area contributed by atoms with Gasteiger partial charge >= 0.3 is 0 Å². The van der Waals surface area contributed by atoms with Gasteiger partial charge < -0.3 is 11.1 Å². The Hall–Kier alpha value is -1.36. The summed E-state index contributed by atoms with van der Waals surface area (Å²) in [6.45, 7) is 3.48. The summed E-state index contributed by atoms with van der Waals surface area (Å²) in [4.78, 5) is 11.4. The molecule has 0 aliphatic rings. The largest absolute Gasteiger partial charge is 0.355 e. The highest BCUT2D eigenvalue weighted by molar-refractivity contribution is 5.81. The fourth-order valence-electron chi connectivity index (χ4n) is 1.46. The molecule has 16 heavy (non-hydrogen) atoms. The molecule has 0 spiro atoms. The average molecular weight is 224 g/mol. The molecule has 1 aromatic heterocycles. The van der Waals surface area contributed by atoms with Crippen molar-refractivity contribution in [2.24, 2.45) is 5.73 Å². The number of aryl methyl sites for hydroxylation is 1. The summed E-state index contributed by atoms with van der Waals surface area (Å²) in [7, 11) is 0. The lowest BCUT2D eigenvalue weighted by Gasteiger charge is -2.10. The second kappa shape index (κ2) is 7.00. The zero-order valence-electron chi connectivity index (χ0n) is 9.72. The van der Waals surface area contributed by atoms with Gasteiger partial charge in [-0.25, -0.2) is 0 Å². The monoisotopic (exact) mass is 224 g/mol. The Morgan fingerprint density at radius 1 is 1.62 bits per heavy atom. The van der Waals surface area contributed by atoms with Crippen LogP contribution in [0.3, 0.4) is 0 Å². The number of amides is 1. The highest BCUT2D eigenvalue weighted by atomic mass is 16.2. The first-order chi connectivity index (χ1) is 7.74. The predicted octanol–water partition coefficient (Wildman–Crippen LogP) is 0.517. The molecule has 0 aliphatic carbocycles. The number of carbonyl (C=O) groups excluding carboxylic acids is 1. The van der Waals surface area contributed by atoms with Crippen molar-refractivity contribution in [1.29, 1.82) is 0 Å². The van der Waals surface area contributed by atoms with Crippen LogP contribution in [0.25, 0.3) is 0 Å². The Balaban J connectivity index is 2.08. The summed E-state index contributed by atoms with van der Waals surface area (Å²) in [6.07, 6.45) is 6.19. The van der Waals surface area contributed by atoms with Crippen molar-refractivity contribution in [3.05, 3.63) is 18.5 Å². The van der Waals surface area contributed by atoms with Crippen molar-refractivity contribution >= 4 is 5.91 Å². The van der Waals surface area contributed by atoms with Gasteiger partial charge in [0.05, 0.1) is 6.04 Å². The van der Waals surface area contributed by atoms with Crippen LogP contribution in [-0.4, -0.2) is 28.3 Å². The number of carbonyl (C=O) groups is 1. The van der Waals surface area contributed by atoms with E-state index in [4.69, 9.17) is 5.73 Å². The first-order valence-corrected chi connectivity index (χ1v) is 5.74. The smallest absolute Gasteiger partial charge is 0.236 e. The van der Waals surface area contributed by atoms with E-state index in [0.29, 0.717) is 6.54 Å². The molecule has 1 atom stereocenters. The molecule has 1 amide bonds. The van der Waals surface area contributed by atoms with Gasteiger partial charge in [0.1, 0.15) is 0 Å². The molecule has 90 valence electrons. The zero-order chi connectivity index (χ0) is 11.8. The number of nitrogens with zero attached hydrogens (tertiary/aromatic N) is 2. The molecular formula is C11H20N4O. The molecule has 5 heteroatoms. The molecule has 1 aromatic rings. The van der Waals surface area contributed by atoms with Gasteiger partial charge in [-0.15, -0.1) is 0 Å². The van der Waals surface area contributed by atoms with Gasteiger partial charge in [-0.05, 0) is 18.9 Å². The molecule has 1 heterocycles. The Bertz CT molecular complexity index is 297. The van der Waals surface area contributed by atoms with Crippen LogP contribution in [0.2, 0.25) is 0 Å². The quantitative estimate of drug-likeness (QED) is 0.663. The van der Waals surface area contributed by atoms with Gasteiger partial charge in [0.15, 0.2) is 0 Å². The normalized spacial score (nSPS) is 12.4. The van der Waals surface area contributed by atoms with Crippen LogP contribution >= 0.6 is 0 Å². The Morgan fingerprint density at radius 3 is 3.06 bits per heavy atom. The summed E-state index contributed by atoms with van der Waals surface area (Å²) < 4.78 is 1.85. The van der Waals surface area contributed by atoms with Crippen LogP contribution in [0.1, 0.15) is 26.2 Å². The van der Waals surface area contributed by atoms with Crippen molar-refractivity contribution in [1.82, 2.24) is 15.1 Å². The summed E-state index contributed by atoms with van der Waals surface area (Å²) in [5, 5.41) is 6.90. The molecule has 0 aliphatic heterocycles. The number of hydrogen-bond donors (Lipinski definition) is 2. The van der Waals surface area contributed by atoms with Gasteiger partial charge in [0.2, 0.25) is 5.91 Å². The summed E-state index contributed by atoms with van der Waals surface area (Å²) in [6, 6.07) is 1.52. The third-order valence-electron chi connectivity index (χ3n) is 2.36. The molecule has 0 saturated carbocycles. The molecule has 0 unspecified atom stereocenters. The number of rotatable bonds is 7. The lowest BCUT2D eigenvalue weighted by atomic mass is 10.2. The van der Waals surface area contributed by atoms with E-state index < -0.39 is 0 Å². The third-order valence-corrected chi connectivity index (χ3v) is 2.36. The first-order valence-electron chi connectivity index (χ1n) is 5.74. The molecule has 0 saturated heterocycles. The summed E-state index contributed by atoms with van der Waals surface area (Å²) in [5.74, 6) is -0.0534. The molecule has 0 bridgehead atoms. The van der Waals surface area contributed by atoms with Gasteiger partial charge in [-0.3, -0.25) is 9.48 Å². The van der Waals surface area contributed by atoms with E-state index in [1.807, 2.05) is 23.9 Å². The highest BCUT2D eigenvalue weighted by Crippen LogP contribution is 1.93. The maximum absolute atomic E-state index is 11.4. The summed E-state index contributed by atoms with van der Waals surface area (Å²) in [5.41, 5.74) is 5.67. The van der Waals surface area contributed by atoms with Crippen LogP contribution in [0.4, 0.5) is 0 Å². The van der Waals surface area contributed by atoms with Crippen molar-refractivity contribution < 1.29 is 4.79 Å². The second-order valence-electron chi connectivity index (χ2n) is 3.81. The van der Waals surface area contributed by atoms with E-state index in [-0.39, 0.29) is 11.9 Å². The highest BCUT2D eigenvalue weighted by Gasteiger charge is 2.10. The van der Waals surface area contributed by atoms with Crippen LogP contribution in [0.15, 0.2) is 18.5 Å². The predicted molar refractivity (Wildman–Crippen MR) is 62.7 cm³/mol. The minimum atomic E-state index is -0.366. The molecule has 0 fully saturated rings. The van der Waals surface area contributed by atoms with Crippen LogP contribution in [-0.2, 0) is 11.3 Å². The topological polar surface area (TPSA) is 72.9 Å². The van der Waals surface area contributed by atoms with Crippen LogP contribution < -0.4 is 11.1 Å². The SMILES string of the molecule is CCC[C@H](N)C(=O)NCCCn1cccn1. The van der Waals surface area contributed by atoms with Gasteiger partial charge in [-0.1, -0.05) is 13.3 Å².